The lowest BCUT2D eigenvalue weighted by Crippen LogP contribution is -1.94. The Morgan fingerprint density at radius 1 is 1.54 bits per heavy atom. The van der Waals surface area contributed by atoms with Crippen LogP contribution in [0, 0.1) is 11.8 Å². The number of nitrogen functional groups attached to an aromatic ring is 1. The van der Waals surface area contributed by atoms with Gasteiger partial charge in [-0.25, -0.2) is 0 Å². The molecule has 0 radical (unpaired) electrons. The molecule has 0 amide bonds. The van der Waals surface area contributed by atoms with E-state index in [-0.39, 0.29) is 6.42 Å². The Morgan fingerprint density at radius 2 is 2.31 bits per heavy atom. The number of anilines is 1. The third kappa shape index (κ3) is 3.20. The summed E-state index contributed by atoms with van der Waals surface area (Å²) in [5, 5.41) is 15.5. The average molecular weight is 177 g/mol. The number of hydrogen-bond acceptors (Lipinski definition) is 4. The van der Waals surface area contributed by atoms with Gasteiger partial charge in [0.1, 0.15) is 17.9 Å². The van der Waals surface area contributed by atoms with E-state index in [2.05, 4.69) is 22.0 Å². The molecule has 66 valence electrons. The van der Waals surface area contributed by atoms with Crippen LogP contribution in [0.2, 0.25) is 0 Å². The summed E-state index contributed by atoms with van der Waals surface area (Å²) in [4.78, 5) is 10.1. The monoisotopic (exact) mass is 177 g/mol. The Bertz CT molecular complexity index is 361. The van der Waals surface area contributed by atoms with Gasteiger partial charge >= 0.3 is 5.97 Å². The maximum atomic E-state index is 10.1. The molecule has 1 heterocycles. The van der Waals surface area contributed by atoms with E-state index in [1.54, 1.807) is 12.1 Å². The number of aliphatic carboxylic acids is 1. The van der Waals surface area contributed by atoms with Crippen molar-refractivity contribution in [2.75, 3.05) is 5.73 Å². The molecule has 0 unspecified atom stereocenters. The lowest BCUT2D eigenvalue weighted by molar-refractivity contribution is -0.135. The minimum atomic E-state index is -0.962. The van der Waals surface area contributed by atoms with Crippen LogP contribution in [0.25, 0.3) is 0 Å². The molecule has 0 saturated heterocycles. The van der Waals surface area contributed by atoms with Crippen molar-refractivity contribution in [3.63, 3.8) is 0 Å². The molecule has 1 rings (SSSR count). The van der Waals surface area contributed by atoms with Crippen molar-refractivity contribution in [2.24, 2.45) is 0 Å². The second kappa shape index (κ2) is 4.07. The summed E-state index contributed by atoms with van der Waals surface area (Å²) in [5.41, 5.74) is 5.70. The van der Waals surface area contributed by atoms with Crippen LogP contribution in [0.4, 0.5) is 5.82 Å². The van der Waals surface area contributed by atoms with Gasteiger partial charge in [0.05, 0.1) is 0 Å². The molecule has 1 aromatic heterocycles. The van der Waals surface area contributed by atoms with Gasteiger partial charge in [-0.1, -0.05) is 5.92 Å². The number of nitrogens with two attached hydrogens (primary N) is 1. The van der Waals surface area contributed by atoms with Crippen LogP contribution in [-0.2, 0) is 4.79 Å². The summed E-state index contributed by atoms with van der Waals surface area (Å²) in [6.07, 6.45) is -0.202. The Hall–Kier alpha value is -2.09. The van der Waals surface area contributed by atoms with Gasteiger partial charge in [-0.3, -0.25) is 4.79 Å². The largest absolute Gasteiger partial charge is 0.481 e. The van der Waals surface area contributed by atoms with E-state index >= 15 is 0 Å². The molecule has 13 heavy (non-hydrogen) atoms. The van der Waals surface area contributed by atoms with Gasteiger partial charge in [0.25, 0.3) is 0 Å². The number of rotatable bonds is 1. The third-order valence-corrected chi connectivity index (χ3v) is 1.14. The zero-order chi connectivity index (χ0) is 9.68. The first kappa shape index (κ1) is 9.00. The fourth-order valence-electron chi connectivity index (χ4n) is 0.620. The van der Waals surface area contributed by atoms with E-state index in [0.717, 1.165) is 0 Å². The van der Waals surface area contributed by atoms with Crippen LogP contribution in [-0.4, -0.2) is 21.3 Å². The Labute approximate surface area is 74.6 Å². The van der Waals surface area contributed by atoms with Crippen molar-refractivity contribution >= 4 is 11.8 Å². The first-order chi connectivity index (χ1) is 6.18. The molecule has 0 aliphatic heterocycles. The fourth-order valence-corrected chi connectivity index (χ4v) is 0.620. The van der Waals surface area contributed by atoms with Crippen LogP contribution in [0.5, 0.6) is 0 Å². The Morgan fingerprint density at radius 3 is 2.85 bits per heavy atom. The van der Waals surface area contributed by atoms with Crippen molar-refractivity contribution in [3.05, 3.63) is 17.8 Å². The second-order valence-electron chi connectivity index (χ2n) is 2.22. The molecule has 0 fully saturated rings. The van der Waals surface area contributed by atoms with Crippen LogP contribution < -0.4 is 5.73 Å². The molecule has 5 heteroatoms. The highest BCUT2D eigenvalue weighted by Gasteiger charge is 1.91. The normalized spacial score (nSPS) is 8.62. The molecule has 0 spiro atoms. The van der Waals surface area contributed by atoms with Crippen molar-refractivity contribution < 1.29 is 9.90 Å². The molecule has 0 saturated carbocycles. The number of aromatic nitrogens is 2. The first-order valence-electron chi connectivity index (χ1n) is 3.48. The lowest BCUT2D eigenvalue weighted by Gasteiger charge is -1.88. The summed E-state index contributed by atoms with van der Waals surface area (Å²) in [7, 11) is 0. The maximum absolute atomic E-state index is 10.1. The van der Waals surface area contributed by atoms with E-state index in [4.69, 9.17) is 10.8 Å². The van der Waals surface area contributed by atoms with Crippen molar-refractivity contribution in [2.45, 2.75) is 6.42 Å². The van der Waals surface area contributed by atoms with Gasteiger partial charge < -0.3 is 10.8 Å². The standard InChI is InChI=1S/C8H7N3O2/c9-7-5-4-6(10-11-7)2-1-3-8(12)13/h4-5H,3H2,(H2,9,11)(H,12,13). The summed E-state index contributed by atoms with van der Waals surface area (Å²) in [6.45, 7) is 0. The van der Waals surface area contributed by atoms with E-state index < -0.39 is 5.97 Å². The van der Waals surface area contributed by atoms with Gasteiger partial charge in [0.15, 0.2) is 0 Å². The quantitative estimate of drug-likeness (QED) is 0.584. The molecule has 0 aliphatic carbocycles. The molecule has 0 bridgehead atoms. The van der Waals surface area contributed by atoms with Crippen molar-refractivity contribution in [1.29, 1.82) is 0 Å². The predicted molar refractivity (Wildman–Crippen MR) is 45.6 cm³/mol. The first-order valence-corrected chi connectivity index (χ1v) is 3.48. The number of hydrogen-bond donors (Lipinski definition) is 2. The summed E-state index contributed by atoms with van der Waals surface area (Å²) in [6, 6.07) is 3.13. The SMILES string of the molecule is Nc1ccc(C#CCC(=O)O)nn1. The molecule has 0 atom stereocenters. The van der Waals surface area contributed by atoms with E-state index in [1.807, 2.05) is 0 Å². The number of carbonyl (C=O) groups is 1. The van der Waals surface area contributed by atoms with Crippen LogP contribution in [0.15, 0.2) is 12.1 Å². The van der Waals surface area contributed by atoms with Gasteiger partial charge in [0, 0.05) is 0 Å². The molecule has 3 N–H and O–H groups in total. The predicted octanol–water partition coefficient (Wildman–Crippen LogP) is -0.115. The van der Waals surface area contributed by atoms with E-state index in [1.165, 1.54) is 0 Å². The summed E-state index contributed by atoms with van der Waals surface area (Å²) >= 11 is 0. The molecular weight excluding hydrogens is 170 g/mol. The third-order valence-electron chi connectivity index (χ3n) is 1.14. The van der Waals surface area contributed by atoms with Crippen LogP contribution >= 0.6 is 0 Å². The topological polar surface area (TPSA) is 89.1 Å². The van der Waals surface area contributed by atoms with Gasteiger partial charge in [0.2, 0.25) is 0 Å². The number of carboxylic acid groups (broad SMARTS) is 1. The average Bonchev–Trinajstić information content (AvgIpc) is 2.08. The van der Waals surface area contributed by atoms with Crippen molar-refractivity contribution in [1.82, 2.24) is 10.2 Å². The summed E-state index contributed by atoms with van der Waals surface area (Å²) < 4.78 is 0. The Balaban J connectivity index is 2.67. The number of carboxylic acids is 1. The van der Waals surface area contributed by atoms with E-state index in [0.29, 0.717) is 11.5 Å². The minimum absolute atomic E-state index is 0.202. The maximum Gasteiger partial charge on any atom is 0.315 e. The molecule has 1 aromatic rings. The van der Waals surface area contributed by atoms with Gasteiger partial charge in [-0.15, -0.1) is 10.2 Å². The minimum Gasteiger partial charge on any atom is -0.481 e. The zero-order valence-corrected chi connectivity index (χ0v) is 6.69. The lowest BCUT2D eigenvalue weighted by atomic mass is 10.3. The molecule has 0 aromatic carbocycles. The molecule has 5 nitrogen and oxygen atoms in total. The van der Waals surface area contributed by atoms with E-state index in [9.17, 15) is 4.79 Å². The van der Waals surface area contributed by atoms with Crippen LogP contribution in [0.1, 0.15) is 12.1 Å². The van der Waals surface area contributed by atoms with Gasteiger partial charge in [-0.2, -0.15) is 0 Å². The highest BCUT2D eigenvalue weighted by Crippen LogP contribution is 1.94. The second-order valence-corrected chi connectivity index (χ2v) is 2.22. The highest BCUT2D eigenvalue weighted by atomic mass is 16.4. The summed E-state index contributed by atoms with van der Waals surface area (Å²) in [5.74, 6) is 4.32. The molecule has 0 aliphatic rings. The van der Waals surface area contributed by atoms with Crippen molar-refractivity contribution in [3.8, 4) is 11.8 Å². The number of nitrogens with zero attached hydrogens (tertiary/aromatic N) is 2. The zero-order valence-electron chi connectivity index (χ0n) is 6.69. The van der Waals surface area contributed by atoms with Gasteiger partial charge in [-0.05, 0) is 18.1 Å². The highest BCUT2D eigenvalue weighted by molar-refractivity contribution is 5.70. The fraction of sp³-hybridized carbons (Fsp3) is 0.125. The van der Waals surface area contributed by atoms with Crippen LogP contribution in [0.3, 0.4) is 0 Å². The Kier molecular flexibility index (Phi) is 2.82. The molecular formula is C8H7N3O2. The smallest absolute Gasteiger partial charge is 0.315 e.